The summed E-state index contributed by atoms with van der Waals surface area (Å²) in [6, 6.07) is 15.5. The van der Waals surface area contributed by atoms with Crippen LogP contribution in [0.4, 0.5) is 0 Å². The second-order valence-electron chi connectivity index (χ2n) is 11.1. The zero-order chi connectivity index (χ0) is 25.1. The predicted octanol–water partition coefficient (Wildman–Crippen LogP) is 4.02. The molecule has 2 bridgehead atoms. The second kappa shape index (κ2) is 8.59. The van der Waals surface area contributed by atoms with E-state index in [1.165, 1.54) is 16.7 Å². The molecule has 192 valence electrons. The van der Waals surface area contributed by atoms with E-state index in [0.29, 0.717) is 6.04 Å². The quantitative estimate of drug-likeness (QED) is 0.411. The minimum atomic E-state index is -0.952. The molecule has 6 heteroatoms. The summed E-state index contributed by atoms with van der Waals surface area (Å²) in [5, 5.41) is 0. The maximum atomic E-state index is 6.93. The van der Waals surface area contributed by atoms with Crippen LogP contribution >= 0.6 is 0 Å². The molecule has 2 aliphatic carbocycles. The van der Waals surface area contributed by atoms with Crippen LogP contribution in [0, 0.1) is 5.41 Å². The van der Waals surface area contributed by atoms with Crippen LogP contribution in [-0.4, -0.2) is 76.2 Å². The Hall–Kier alpha value is -2.38. The number of piperidine rings is 1. The van der Waals surface area contributed by atoms with Crippen molar-refractivity contribution in [3.8, 4) is 11.5 Å². The van der Waals surface area contributed by atoms with Gasteiger partial charge in [-0.05, 0) is 69.7 Å². The highest BCUT2D eigenvalue weighted by Crippen LogP contribution is 2.70. The first-order valence-electron chi connectivity index (χ1n) is 13.0. The van der Waals surface area contributed by atoms with Crippen LogP contribution in [-0.2, 0) is 27.9 Å². The fraction of sp³-hybridized carbons (Fsp3) is 0.533. The molecule has 6 rings (SSSR count). The average Bonchev–Trinajstić information content (AvgIpc) is 3.26. The van der Waals surface area contributed by atoms with Crippen LogP contribution in [0.5, 0.6) is 11.5 Å². The van der Waals surface area contributed by atoms with Gasteiger partial charge in [-0.15, -0.1) is 0 Å². The molecular formula is C30H38N2O4. The molecule has 2 aliphatic heterocycles. The number of methoxy groups -OCH3 is 3. The van der Waals surface area contributed by atoms with E-state index in [1.807, 2.05) is 0 Å². The molecule has 6 nitrogen and oxygen atoms in total. The molecule has 4 atom stereocenters. The Kier molecular flexibility index (Phi) is 5.72. The van der Waals surface area contributed by atoms with Gasteiger partial charge in [0.05, 0.1) is 12.5 Å². The fourth-order valence-corrected chi connectivity index (χ4v) is 7.83. The summed E-state index contributed by atoms with van der Waals surface area (Å²) in [6.45, 7) is 2.94. The molecular weight excluding hydrogens is 452 g/mol. The lowest BCUT2D eigenvalue weighted by Crippen LogP contribution is -2.74. The molecule has 2 aromatic rings. The molecule has 2 aromatic carbocycles. The lowest BCUT2D eigenvalue weighted by atomic mass is 9.43. The van der Waals surface area contributed by atoms with Gasteiger partial charge in [0.15, 0.2) is 17.6 Å². The van der Waals surface area contributed by atoms with Gasteiger partial charge in [-0.25, -0.2) is 0 Å². The minimum Gasteiger partial charge on any atom is -0.493 e. The molecule has 0 N–H and O–H groups in total. The Morgan fingerprint density at radius 1 is 1.03 bits per heavy atom. The fourth-order valence-electron chi connectivity index (χ4n) is 7.83. The van der Waals surface area contributed by atoms with Crippen molar-refractivity contribution in [1.82, 2.24) is 9.80 Å². The van der Waals surface area contributed by atoms with Gasteiger partial charge in [0.25, 0.3) is 0 Å². The molecule has 1 spiro atoms. The van der Waals surface area contributed by atoms with Crippen LogP contribution in [0.2, 0.25) is 0 Å². The summed E-state index contributed by atoms with van der Waals surface area (Å²) in [7, 11) is 9.52. The Morgan fingerprint density at radius 3 is 2.50 bits per heavy atom. The van der Waals surface area contributed by atoms with Gasteiger partial charge in [-0.2, -0.15) is 0 Å². The van der Waals surface area contributed by atoms with Gasteiger partial charge in [-0.3, -0.25) is 4.90 Å². The van der Waals surface area contributed by atoms with Crippen molar-refractivity contribution in [3.63, 3.8) is 0 Å². The number of benzene rings is 2. The molecule has 0 radical (unpaired) electrons. The topological polar surface area (TPSA) is 43.4 Å². The SMILES string of the molecule is COc1ccc2c3c1O[C@H]1C(OC)(OC)C=C[C@@]4(CCN(C)C)[C@@H](C2)N(Cc2ccccc2)CC[C@]314. The van der Waals surface area contributed by atoms with E-state index >= 15 is 0 Å². The zero-order valence-electron chi connectivity index (χ0n) is 22.1. The highest BCUT2D eigenvalue weighted by atomic mass is 16.7. The lowest BCUT2D eigenvalue weighted by Gasteiger charge is -2.66. The third-order valence-electron chi connectivity index (χ3n) is 9.45. The van der Waals surface area contributed by atoms with Gasteiger partial charge in [0.1, 0.15) is 0 Å². The van der Waals surface area contributed by atoms with Gasteiger partial charge < -0.3 is 23.8 Å². The molecule has 36 heavy (non-hydrogen) atoms. The number of hydrogen-bond donors (Lipinski definition) is 0. The molecule has 1 fully saturated rings. The van der Waals surface area contributed by atoms with E-state index in [9.17, 15) is 0 Å². The predicted molar refractivity (Wildman–Crippen MR) is 140 cm³/mol. The second-order valence-corrected chi connectivity index (χ2v) is 11.1. The number of likely N-dealkylation sites (tertiary alicyclic amines) is 1. The average molecular weight is 491 g/mol. The smallest absolute Gasteiger partial charge is 0.226 e. The Labute approximate surface area is 214 Å². The Balaban J connectivity index is 1.58. The molecule has 2 heterocycles. The summed E-state index contributed by atoms with van der Waals surface area (Å²) in [5.41, 5.74) is 3.66. The van der Waals surface area contributed by atoms with Gasteiger partial charge in [-0.1, -0.05) is 42.5 Å². The summed E-state index contributed by atoms with van der Waals surface area (Å²) in [4.78, 5) is 5.02. The standard InChI is InChI=1S/C30H38N2O4/c1-31(2)17-15-28-13-14-30(34-4,35-5)27-29(28)16-18-32(20-21-9-7-6-8-10-21)24(28)19-22-11-12-23(33-3)26(36-27)25(22)29/h6-14,24,27H,15-20H2,1-5H3/t24-,27-,28-,29+/m1/s1. The molecule has 0 aromatic heterocycles. The maximum Gasteiger partial charge on any atom is 0.226 e. The number of ether oxygens (including phenoxy) is 4. The van der Waals surface area contributed by atoms with Crippen molar-refractivity contribution < 1.29 is 18.9 Å². The van der Waals surface area contributed by atoms with Gasteiger partial charge in [0.2, 0.25) is 5.79 Å². The minimum absolute atomic E-state index is 0.125. The van der Waals surface area contributed by atoms with Crippen molar-refractivity contribution in [3.05, 3.63) is 71.3 Å². The van der Waals surface area contributed by atoms with Crippen molar-refractivity contribution in [1.29, 1.82) is 0 Å². The summed E-state index contributed by atoms with van der Waals surface area (Å²) >= 11 is 0. The number of rotatable bonds is 8. The summed E-state index contributed by atoms with van der Waals surface area (Å²) in [6.07, 6.45) is 7.30. The molecule has 0 amide bonds. The van der Waals surface area contributed by atoms with Crippen molar-refractivity contribution in [2.24, 2.45) is 5.41 Å². The maximum absolute atomic E-state index is 6.93. The normalized spacial score (nSPS) is 31.3. The van der Waals surface area contributed by atoms with Crippen LogP contribution in [0.3, 0.4) is 0 Å². The van der Waals surface area contributed by atoms with E-state index < -0.39 is 5.79 Å². The van der Waals surface area contributed by atoms with Crippen molar-refractivity contribution in [2.45, 2.75) is 49.2 Å². The van der Waals surface area contributed by atoms with E-state index in [0.717, 1.165) is 50.4 Å². The number of hydrogen-bond acceptors (Lipinski definition) is 6. The lowest BCUT2D eigenvalue weighted by molar-refractivity contribution is -0.256. The first kappa shape index (κ1) is 24.0. The van der Waals surface area contributed by atoms with Crippen LogP contribution in [0.1, 0.15) is 29.5 Å². The Morgan fingerprint density at radius 2 is 1.81 bits per heavy atom. The van der Waals surface area contributed by atoms with Crippen LogP contribution in [0.15, 0.2) is 54.6 Å². The van der Waals surface area contributed by atoms with Crippen molar-refractivity contribution in [2.75, 3.05) is 48.5 Å². The van der Waals surface area contributed by atoms with E-state index in [4.69, 9.17) is 18.9 Å². The monoisotopic (exact) mass is 490 g/mol. The number of nitrogens with zero attached hydrogens (tertiary/aromatic N) is 2. The van der Waals surface area contributed by atoms with Crippen LogP contribution < -0.4 is 9.47 Å². The van der Waals surface area contributed by atoms with E-state index in [-0.39, 0.29) is 16.9 Å². The zero-order valence-corrected chi connectivity index (χ0v) is 22.1. The highest BCUT2D eigenvalue weighted by Gasteiger charge is 2.74. The summed E-state index contributed by atoms with van der Waals surface area (Å²) in [5.74, 6) is 0.725. The largest absolute Gasteiger partial charge is 0.493 e. The molecule has 4 aliphatic rings. The van der Waals surface area contributed by atoms with Gasteiger partial charge in [0, 0.05) is 37.8 Å². The van der Waals surface area contributed by atoms with E-state index in [1.54, 1.807) is 21.3 Å². The van der Waals surface area contributed by atoms with E-state index in [2.05, 4.69) is 78.5 Å². The first-order chi connectivity index (χ1) is 17.4. The Bertz CT molecular complexity index is 1160. The third-order valence-corrected chi connectivity index (χ3v) is 9.45. The third kappa shape index (κ3) is 3.05. The first-order valence-corrected chi connectivity index (χ1v) is 13.0. The molecule has 1 saturated heterocycles. The highest BCUT2D eigenvalue weighted by molar-refractivity contribution is 5.64. The summed E-state index contributed by atoms with van der Waals surface area (Å²) < 4.78 is 25.0. The van der Waals surface area contributed by atoms with Crippen LogP contribution in [0.25, 0.3) is 0 Å². The molecule has 0 saturated carbocycles. The molecule has 0 unspecified atom stereocenters. The van der Waals surface area contributed by atoms with Crippen molar-refractivity contribution >= 4 is 0 Å². The van der Waals surface area contributed by atoms with Gasteiger partial charge >= 0.3 is 0 Å².